The molecule has 1 aliphatic rings. The Hall–Kier alpha value is -0.760. The zero-order chi connectivity index (χ0) is 13.2. The Morgan fingerprint density at radius 2 is 2.17 bits per heavy atom. The SMILES string of the molecule is C#CC(O)c1cccc2c1C(SC)(SC)CCO2. The highest BCUT2D eigenvalue weighted by Crippen LogP contribution is 2.54. The summed E-state index contributed by atoms with van der Waals surface area (Å²) in [7, 11) is 0. The van der Waals surface area contributed by atoms with Gasteiger partial charge < -0.3 is 9.84 Å². The molecule has 1 aromatic rings. The molecule has 0 saturated heterocycles. The Bertz CT molecular complexity index is 475. The number of benzene rings is 1. The van der Waals surface area contributed by atoms with E-state index >= 15 is 0 Å². The van der Waals surface area contributed by atoms with Gasteiger partial charge in [-0.1, -0.05) is 18.1 Å². The van der Waals surface area contributed by atoms with E-state index in [1.54, 1.807) is 23.5 Å². The second kappa shape index (κ2) is 5.48. The molecule has 0 amide bonds. The molecule has 1 N–H and O–H groups in total. The fourth-order valence-electron chi connectivity index (χ4n) is 2.31. The molecule has 96 valence electrons. The molecule has 0 bridgehead atoms. The highest BCUT2D eigenvalue weighted by Gasteiger charge is 2.39. The number of fused-ring (bicyclic) bond motifs is 1. The van der Waals surface area contributed by atoms with Crippen LogP contribution in [0.15, 0.2) is 18.2 Å². The third-order valence-electron chi connectivity index (χ3n) is 3.24. The van der Waals surface area contributed by atoms with Crippen LogP contribution < -0.4 is 4.74 Å². The molecule has 1 atom stereocenters. The van der Waals surface area contributed by atoms with Gasteiger partial charge in [0.05, 0.1) is 10.7 Å². The lowest BCUT2D eigenvalue weighted by Crippen LogP contribution is -2.28. The molecular formula is C14H16O2S2. The first-order valence-corrected chi connectivity index (χ1v) is 8.14. The number of aliphatic hydroxyl groups is 1. The van der Waals surface area contributed by atoms with Gasteiger partial charge in [-0.2, -0.15) is 0 Å². The van der Waals surface area contributed by atoms with E-state index < -0.39 is 6.10 Å². The zero-order valence-electron chi connectivity index (χ0n) is 10.5. The van der Waals surface area contributed by atoms with Crippen molar-refractivity contribution in [2.75, 3.05) is 19.1 Å². The monoisotopic (exact) mass is 280 g/mol. The molecular weight excluding hydrogens is 264 g/mol. The normalized spacial score (nSPS) is 18.3. The molecule has 1 heterocycles. The molecule has 2 rings (SSSR count). The Morgan fingerprint density at radius 3 is 2.78 bits per heavy atom. The van der Waals surface area contributed by atoms with E-state index in [1.165, 1.54) is 0 Å². The summed E-state index contributed by atoms with van der Waals surface area (Å²) in [5.74, 6) is 3.24. The van der Waals surface area contributed by atoms with Crippen molar-refractivity contribution >= 4 is 23.5 Å². The molecule has 4 heteroatoms. The summed E-state index contributed by atoms with van der Waals surface area (Å²) in [6, 6.07) is 5.72. The van der Waals surface area contributed by atoms with Crippen molar-refractivity contribution in [2.45, 2.75) is 16.6 Å². The summed E-state index contributed by atoms with van der Waals surface area (Å²) in [6.45, 7) is 0.699. The fraction of sp³-hybridized carbons (Fsp3) is 0.429. The van der Waals surface area contributed by atoms with Crippen molar-refractivity contribution in [1.82, 2.24) is 0 Å². The maximum atomic E-state index is 10.00. The molecule has 0 aliphatic carbocycles. The maximum Gasteiger partial charge on any atom is 0.140 e. The Labute approximate surface area is 116 Å². The topological polar surface area (TPSA) is 29.5 Å². The number of thioether (sulfide) groups is 2. The second-order valence-corrected chi connectivity index (χ2v) is 6.52. The smallest absolute Gasteiger partial charge is 0.140 e. The lowest BCUT2D eigenvalue weighted by Gasteiger charge is -2.38. The summed E-state index contributed by atoms with van der Waals surface area (Å²) in [6.07, 6.45) is 9.57. The number of hydrogen-bond donors (Lipinski definition) is 1. The average Bonchev–Trinajstić information content (AvgIpc) is 2.45. The van der Waals surface area contributed by atoms with Crippen molar-refractivity contribution in [1.29, 1.82) is 0 Å². The van der Waals surface area contributed by atoms with Crippen LogP contribution in [-0.4, -0.2) is 24.2 Å². The molecule has 1 unspecified atom stereocenters. The molecule has 0 radical (unpaired) electrons. The van der Waals surface area contributed by atoms with Gasteiger partial charge in [0.25, 0.3) is 0 Å². The summed E-state index contributed by atoms with van der Waals surface area (Å²) >= 11 is 3.56. The minimum Gasteiger partial charge on any atom is -0.493 e. The van der Waals surface area contributed by atoms with E-state index in [0.717, 1.165) is 23.3 Å². The lowest BCUT2D eigenvalue weighted by atomic mass is 9.95. The number of hydrogen-bond acceptors (Lipinski definition) is 4. The summed E-state index contributed by atoms with van der Waals surface area (Å²) in [4.78, 5) is 0. The Kier molecular flexibility index (Phi) is 4.16. The van der Waals surface area contributed by atoms with Crippen LogP contribution >= 0.6 is 23.5 Å². The standard InChI is InChI=1S/C14H16O2S2/c1-4-11(15)10-6-5-7-12-13(10)14(17-2,18-3)8-9-16-12/h1,5-7,11,15H,8-9H2,2-3H3. The van der Waals surface area contributed by atoms with E-state index in [-0.39, 0.29) is 4.08 Å². The van der Waals surface area contributed by atoms with Crippen molar-refractivity contribution in [3.63, 3.8) is 0 Å². The second-order valence-electron chi connectivity index (χ2n) is 4.05. The van der Waals surface area contributed by atoms with Crippen molar-refractivity contribution < 1.29 is 9.84 Å². The maximum absolute atomic E-state index is 10.00. The van der Waals surface area contributed by atoms with Gasteiger partial charge in [0, 0.05) is 17.5 Å². The van der Waals surface area contributed by atoms with Crippen LogP contribution in [0.1, 0.15) is 23.7 Å². The van der Waals surface area contributed by atoms with Gasteiger partial charge in [-0.3, -0.25) is 0 Å². The highest BCUT2D eigenvalue weighted by atomic mass is 32.2. The van der Waals surface area contributed by atoms with Crippen LogP contribution in [0.4, 0.5) is 0 Å². The van der Waals surface area contributed by atoms with Crippen molar-refractivity contribution in [2.24, 2.45) is 0 Å². The van der Waals surface area contributed by atoms with Gasteiger partial charge in [-0.15, -0.1) is 29.9 Å². The predicted octanol–water partition coefficient (Wildman–Crippen LogP) is 3.01. The van der Waals surface area contributed by atoms with E-state index in [4.69, 9.17) is 11.2 Å². The molecule has 0 spiro atoms. The first-order valence-electron chi connectivity index (χ1n) is 5.69. The van der Waals surface area contributed by atoms with Crippen LogP contribution in [0, 0.1) is 12.3 Å². The molecule has 0 fully saturated rings. The van der Waals surface area contributed by atoms with Gasteiger partial charge in [-0.25, -0.2) is 0 Å². The number of rotatable bonds is 3. The van der Waals surface area contributed by atoms with Gasteiger partial charge in [0.1, 0.15) is 11.9 Å². The number of ether oxygens (including phenoxy) is 1. The highest BCUT2D eigenvalue weighted by molar-refractivity contribution is 8.16. The van der Waals surface area contributed by atoms with Crippen LogP contribution in [-0.2, 0) is 4.08 Å². The minimum absolute atomic E-state index is 0.0813. The Balaban J connectivity index is 2.64. The van der Waals surface area contributed by atoms with Gasteiger partial charge in [0.15, 0.2) is 0 Å². The fourth-order valence-corrected chi connectivity index (χ4v) is 4.39. The largest absolute Gasteiger partial charge is 0.493 e. The van der Waals surface area contributed by atoms with Gasteiger partial charge in [-0.05, 0) is 18.6 Å². The molecule has 2 nitrogen and oxygen atoms in total. The van der Waals surface area contributed by atoms with Crippen LogP contribution in [0.3, 0.4) is 0 Å². The zero-order valence-corrected chi connectivity index (χ0v) is 12.1. The van der Waals surface area contributed by atoms with Gasteiger partial charge >= 0.3 is 0 Å². The minimum atomic E-state index is -0.875. The van der Waals surface area contributed by atoms with E-state index in [0.29, 0.717) is 6.61 Å². The van der Waals surface area contributed by atoms with Crippen molar-refractivity contribution in [3.8, 4) is 18.1 Å². The third kappa shape index (κ3) is 2.11. The summed E-state index contributed by atoms with van der Waals surface area (Å²) in [5.41, 5.74) is 1.83. The Morgan fingerprint density at radius 1 is 1.44 bits per heavy atom. The molecule has 0 saturated carbocycles. The first kappa shape index (κ1) is 13.7. The van der Waals surface area contributed by atoms with E-state index in [1.807, 2.05) is 18.2 Å². The summed E-state index contributed by atoms with van der Waals surface area (Å²) in [5, 5.41) is 10.00. The van der Waals surface area contributed by atoms with Gasteiger partial charge in [0.2, 0.25) is 0 Å². The van der Waals surface area contributed by atoms with E-state index in [2.05, 4.69) is 18.4 Å². The number of aliphatic hydroxyl groups excluding tert-OH is 1. The van der Waals surface area contributed by atoms with Crippen LogP contribution in [0.2, 0.25) is 0 Å². The molecule has 18 heavy (non-hydrogen) atoms. The van der Waals surface area contributed by atoms with Crippen LogP contribution in [0.5, 0.6) is 5.75 Å². The molecule has 0 aromatic heterocycles. The van der Waals surface area contributed by atoms with E-state index in [9.17, 15) is 5.11 Å². The predicted molar refractivity (Wildman–Crippen MR) is 79.1 cm³/mol. The molecule has 1 aromatic carbocycles. The summed E-state index contributed by atoms with van der Waals surface area (Å²) < 4.78 is 5.63. The first-order chi connectivity index (χ1) is 8.68. The molecule has 1 aliphatic heterocycles. The quantitative estimate of drug-likeness (QED) is 0.681. The van der Waals surface area contributed by atoms with Crippen LogP contribution in [0.25, 0.3) is 0 Å². The average molecular weight is 280 g/mol. The lowest BCUT2D eigenvalue weighted by molar-refractivity contribution is 0.230. The third-order valence-corrected chi connectivity index (χ3v) is 6.38. The van der Waals surface area contributed by atoms with Crippen molar-refractivity contribution in [3.05, 3.63) is 29.3 Å². The number of terminal acetylenes is 1.